The molecular weight excluding hydrogens is 318 g/mol. The molecule has 0 heterocycles. The van der Waals surface area contributed by atoms with E-state index in [-0.39, 0.29) is 12.1 Å². The summed E-state index contributed by atoms with van der Waals surface area (Å²) in [7, 11) is 3.22. The van der Waals surface area contributed by atoms with E-state index >= 15 is 0 Å². The first-order valence-corrected chi connectivity index (χ1v) is 8.36. The highest BCUT2D eigenvalue weighted by Crippen LogP contribution is 2.23. The highest BCUT2D eigenvalue weighted by Gasteiger charge is 2.23. The molecule has 0 aromatic heterocycles. The SMILES string of the molecule is COc1ccc([C@@H](O)[C@@H](C)N[C@@H](C)[C@@H](O)c2ccc(OC)cc2)cc1. The lowest BCUT2D eigenvalue weighted by atomic mass is 9.99. The Morgan fingerprint density at radius 2 is 1.00 bits per heavy atom. The van der Waals surface area contributed by atoms with E-state index in [2.05, 4.69) is 5.32 Å². The van der Waals surface area contributed by atoms with Gasteiger partial charge in [-0.15, -0.1) is 0 Å². The molecule has 2 aromatic carbocycles. The second kappa shape index (κ2) is 8.85. The van der Waals surface area contributed by atoms with E-state index in [1.807, 2.05) is 62.4 Å². The number of benzene rings is 2. The number of nitrogens with one attached hydrogen (secondary N) is 1. The average Bonchev–Trinajstić information content (AvgIpc) is 2.66. The lowest BCUT2D eigenvalue weighted by Gasteiger charge is -2.28. The van der Waals surface area contributed by atoms with Gasteiger partial charge >= 0.3 is 0 Å². The molecule has 0 saturated carbocycles. The van der Waals surface area contributed by atoms with Gasteiger partial charge in [-0.05, 0) is 49.2 Å². The maximum Gasteiger partial charge on any atom is 0.118 e. The van der Waals surface area contributed by atoms with Crippen LogP contribution < -0.4 is 14.8 Å². The Morgan fingerprint density at radius 1 is 0.680 bits per heavy atom. The predicted octanol–water partition coefficient (Wildman–Crippen LogP) is 2.84. The van der Waals surface area contributed by atoms with E-state index in [1.165, 1.54) is 0 Å². The highest BCUT2D eigenvalue weighted by molar-refractivity contribution is 5.30. The molecule has 0 aliphatic carbocycles. The molecule has 0 fully saturated rings. The number of rotatable bonds is 8. The summed E-state index contributed by atoms with van der Waals surface area (Å²) in [5, 5.41) is 24.3. The molecule has 0 bridgehead atoms. The van der Waals surface area contributed by atoms with Crippen LogP contribution >= 0.6 is 0 Å². The molecule has 0 amide bonds. The Balaban J connectivity index is 1.98. The molecule has 3 N–H and O–H groups in total. The molecule has 4 atom stereocenters. The first-order valence-electron chi connectivity index (χ1n) is 8.36. The summed E-state index contributed by atoms with van der Waals surface area (Å²) in [4.78, 5) is 0. The third-order valence-electron chi connectivity index (χ3n) is 4.39. The summed E-state index contributed by atoms with van der Waals surface area (Å²) >= 11 is 0. The quantitative estimate of drug-likeness (QED) is 0.686. The van der Waals surface area contributed by atoms with Crippen LogP contribution in [0.25, 0.3) is 0 Å². The molecule has 0 aliphatic heterocycles. The second-order valence-electron chi connectivity index (χ2n) is 6.18. The van der Waals surface area contributed by atoms with Gasteiger partial charge < -0.3 is 25.0 Å². The smallest absolute Gasteiger partial charge is 0.118 e. The van der Waals surface area contributed by atoms with Crippen LogP contribution in [-0.4, -0.2) is 36.5 Å². The maximum atomic E-state index is 10.5. The summed E-state index contributed by atoms with van der Waals surface area (Å²) in [6, 6.07) is 14.2. The van der Waals surface area contributed by atoms with Crippen molar-refractivity contribution in [2.45, 2.75) is 38.1 Å². The Morgan fingerprint density at radius 3 is 1.28 bits per heavy atom. The average molecular weight is 345 g/mol. The summed E-state index contributed by atoms with van der Waals surface area (Å²) in [6.45, 7) is 3.79. The fourth-order valence-corrected chi connectivity index (χ4v) is 2.78. The molecule has 0 spiro atoms. The van der Waals surface area contributed by atoms with Crippen LogP contribution in [0.3, 0.4) is 0 Å². The molecule has 5 nitrogen and oxygen atoms in total. The molecule has 136 valence electrons. The van der Waals surface area contributed by atoms with Gasteiger partial charge in [0.25, 0.3) is 0 Å². The minimum Gasteiger partial charge on any atom is -0.497 e. The number of methoxy groups -OCH3 is 2. The molecular formula is C20H27NO4. The fraction of sp³-hybridized carbons (Fsp3) is 0.400. The van der Waals surface area contributed by atoms with Crippen molar-refractivity contribution in [1.29, 1.82) is 0 Å². The minimum atomic E-state index is -0.684. The number of ether oxygens (including phenoxy) is 2. The number of aliphatic hydroxyl groups is 2. The fourth-order valence-electron chi connectivity index (χ4n) is 2.78. The molecule has 0 radical (unpaired) electrons. The normalized spacial score (nSPS) is 15.9. The predicted molar refractivity (Wildman–Crippen MR) is 98.0 cm³/mol. The number of hydrogen-bond acceptors (Lipinski definition) is 5. The van der Waals surface area contributed by atoms with E-state index in [9.17, 15) is 10.2 Å². The van der Waals surface area contributed by atoms with Crippen molar-refractivity contribution in [3.63, 3.8) is 0 Å². The van der Waals surface area contributed by atoms with Crippen LogP contribution in [-0.2, 0) is 0 Å². The first-order chi connectivity index (χ1) is 12.0. The first kappa shape index (κ1) is 19.2. The summed E-state index contributed by atoms with van der Waals surface area (Å²) in [6.07, 6.45) is -1.37. The summed E-state index contributed by atoms with van der Waals surface area (Å²) < 4.78 is 10.3. The third-order valence-corrected chi connectivity index (χ3v) is 4.39. The van der Waals surface area contributed by atoms with Crippen LogP contribution in [0, 0.1) is 0 Å². The summed E-state index contributed by atoms with van der Waals surface area (Å²) in [5.41, 5.74) is 1.60. The van der Waals surface area contributed by atoms with Crippen molar-refractivity contribution in [2.24, 2.45) is 0 Å². The van der Waals surface area contributed by atoms with Crippen molar-refractivity contribution < 1.29 is 19.7 Å². The number of hydrogen-bond donors (Lipinski definition) is 3. The topological polar surface area (TPSA) is 71.0 Å². The van der Waals surface area contributed by atoms with Gasteiger partial charge in [-0.3, -0.25) is 0 Å². The van der Waals surface area contributed by atoms with Gasteiger partial charge in [-0.2, -0.15) is 0 Å². The lowest BCUT2D eigenvalue weighted by molar-refractivity contribution is 0.0918. The molecule has 0 aliphatic rings. The molecule has 0 unspecified atom stereocenters. The zero-order valence-electron chi connectivity index (χ0n) is 15.1. The molecule has 2 aromatic rings. The van der Waals surface area contributed by atoms with Gasteiger partial charge in [0, 0.05) is 12.1 Å². The largest absolute Gasteiger partial charge is 0.497 e. The maximum absolute atomic E-state index is 10.5. The zero-order chi connectivity index (χ0) is 18.4. The molecule has 25 heavy (non-hydrogen) atoms. The van der Waals surface area contributed by atoms with Crippen LogP contribution in [0.1, 0.15) is 37.2 Å². The van der Waals surface area contributed by atoms with Crippen LogP contribution in [0.4, 0.5) is 0 Å². The Bertz CT molecular complexity index is 584. The van der Waals surface area contributed by atoms with E-state index < -0.39 is 12.2 Å². The van der Waals surface area contributed by atoms with Crippen molar-refractivity contribution in [3.05, 3.63) is 59.7 Å². The molecule has 5 heteroatoms. The van der Waals surface area contributed by atoms with Gasteiger partial charge in [0.15, 0.2) is 0 Å². The highest BCUT2D eigenvalue weighted by atomic mass is 16.5. The minimum absolute atomic E-state index is 0.226. The summed E-state index contributed by atoms with van der Waals surface area (Å²) in [5.74, 6) is 1.50. The van der Waals surface area contributed by atoms with E-state index in [1.54, 1.807) is 14.2 Å². The van der Waals surface area contributed by atoms with Gasteiger partial charge in [0.2, 0.25) is 0 Å². The Labute approximate surface area is 149 Å². The van der Waals surface area contributed by atoms with E-state index in [4.69, 9.17) is 9.47 Å². The lowest BCUT2D eigenvalue weighted by Crippen LogP contribution is -2.41. The van der Waals surface area contributed by atoms with Crippen LogP contribution in [0.5, 0.6) is 11.5 Å². The van der Waals surface area contributed by atoms with E-state index in [0.29, 0.717) is 0 Å². The van der Waals surface area contributed by atoms with Crippen LogP contribution in [0.2, 0.25) is 0 Å². The number of aliphatic hydroxyl groups excluding tert-OH is 2. The second-order valence-corrected chi connectivity index (χ2v) is 6.18. The molecule has 0 saturated heterocycles. The van der Waals surface area contributed by atoms with Crippen LogP contribution in [0.15, 0.2) is 48.5 Å². The Hall–Kier alpha value is -2.08. The Kier molecular flexibility index (Phi) is 6.82. The van der Waals surface area contributed by atoms with Gasteiger partial charge in [-0.1, -0.05) is 24.3 Å². The standard InChI is InChI=1S/C20H27NO4/c1-13(19(22)15-5-9-17(24-3)10-6-15)21-14(2)20(23)16-7-11-18(25-4)12-8-16/h5-14,19-23H,1-4H3/t13-,14+,19+,20-. The van der Waals surface area contributed by atoms with Gasteiger partial charge in [-0.25, -0.2) is 0 Å². The van der Waals surface area contributed by atoms with Crippen molar-refractivity contribution in [3.8, 4) is 11.5 Å². The monoisotopic (exact) mass is 345 g/mol. The van der Waals surface area contributed by atoms with Crippen molar-refractivity contribution in [1.82, 2.24) is 5.32 Å². The zero-order valence-corrected chi connectivity index (χ0v) is 15.1. The van der Waals surface area contributed by atoms with Crippen molar-refractivity contribution >= 4 is 0 Å². The van der Waals surface area contributed by atoms with Crippen molar-refractivity contribution in [2.75, 3.05) is 14.2 Å². The third kappa shape index (κ3) is 4.95. The van der Waals surface area contributed by atoms with Gasteiger partial charge in [0.05, 0.1) is 26.4 Å². The van der Waals surface area contributed by atoms with Gasteiger partial charge in [0.1, 0.15) is 11.5 Å². The van der Waals surface area contributed by atoms with E-state index in [0.717, 1.165) is 22.6 Å². The molecule has 2 rings (SSSR count).